The molecule has 0 aromatic carbocycles. The molecule has 1 saturated carbocycles. The Morgan fingerprint density at radius 1 is 1.42 bits per heavy atom. The summed E-state index contributed by atoms with van der Waals surface area (Å²) in [5.41, 5.74) is 0. The van der Waals surface area contributed by atoms with Gasteiger partial charge in [0.2, 0.25) is 0 Å². The Bertz CT molecular complexity index is 206. The van der Waals surface area contributed by atoms with Crippen LogP contribution in [0.3, 0.4) is 0 Å². The second kappa shape index (κ2) is 2.62. The van der Waals surface area contributed by atoms with Gasteiger partial charge in [-0.25, -0.2) is 4.79 Å². The summed E-state index contributed by atoms with van der Waals surface area (Å²) in [6, 6.07) is -0.132. The molecular formula is C8H13NO3. The van der Waals surface area contributed by atoms with Crippen LogP contribution in [0, 0.1) is 5.92 Å². The minimum absolute atomic E-state index is 0.132. The summed E-state index contributed by atoms with van der Waals surface area (Å²) in [5.74, 6) is 0.390. The van der Waals surface area contributed by atoms with Crippen molar-refractivity contribution < 1.29 is 15.0 Å². The molecule has 2 heterocycles. The number of aliphatic hydroxyl groups excluding tert-OH is 1. The fourth-order valence-electron chi connectivity index (χ4n) is 2.38. The monoisotopic (exact) mass is 171 g/mol. The Morgan fingerprint density at radius 3 is 2.58 bits per heavy atom. The van der Waals surface area contributed by atoms with Gasteiger partial charge in [0.25, 0.3) is 0 Å². The lowest BCUT2D eigenvalue weighted by molar-refractivity contribution is -0.0430. The van der Waals surface area contributed by atoms with Crippen LogP contribution in [0.5, 0.6) is 0 Å². The molecule has 2 aliphatic heterocycles. The number of rotatable bonds is 0. The molecule has 2 bridgehead atoms. The van der Waals surface area contributed by atoms with Gasteiger partial charge in [-0.05, 0) is 25.2 Å². The van der Waals surface area contributed by atoms with Crippen LogP contribution in [0.4, 0.5) is 4.79 Å². The van der Waals surface area contributed by atoms with Gasteiger partial charge in [-0.3, -0.25) is 0 Å². The Balaban J connectivity index is 2.14. The molecule has 2 N–H and O–H groups in total. The molecule has 3 rings (SSSR count). The fraction of sp³-hybridized carbons (Fsp3) is 0.875. The number of fused-ring (bicyclic) bond motifs is 3. The van der Waals surface area contributed by atoms with Crippen LogP contribution in [-0.4, -0.2) is 39.9 Å². The van der Waals surface area contributed by atoms with Gasteiger partial charge in [-0.2, -0.15) is 0 Å². The van der Waals surface area contributed by atoms with Gasteiger partial charge in [0.05, 0.1) is 12.1 Å². The maximum Gasteiger partial charge on any atom is 0.407 e. The lowest BCUT2D eigenvalue weighted by Gasteiger charge is -2.46. The van der Waals surface area contributed by atoms with E-state index in [-0.39, 0.29) is 6.04 Å². The van der Waals surface area contributed by atoms with Crippen LogP contribution in [0.25, 0.3) is 0 Å². The lowest BCUT2D eigenvalue weighted by Crippen LogP contribution is -2.57. The summed E-state index contributed by atoms with van der Waals surface area (Å²) < 4.78 is 0. The van der Waals surface area contributed by atoms with Crippen molar-refractivity contribution >= 4 is 6.09 Å². The van der Waals surface area contributed by atoms with E-state index in [9.17, 15) is 9.90 Å². The minimum atomic E-state index is -0.886. The van der Waals surface area contributed by atoms with Gasteiger partial charge in [0.15, 0.2) is 0 Å². The van der Waals surface area contributed by atoms with Crippen molar-refractivity contribution in [2.45, 2.75) is 31.4 Å². The number of hydrogen-bond acceptors (Lipinski definition) is 2. The van der Waals surface area contributed by atoms with E-state index < -0.39 is 12.2 Å². The molecule has 0 aromatic heterocycles. The summed E-state index contributed by atoms with van der Waals surface area (Å²) in [6.45, 7) is 0.622. The molecule has 4 heteroatoms. The van der Waals surface area contributed by atoms with Crippen molar-refractivity contribution in [3.05, 3.63) is 0 Å². The molecule has 3 atom stereocenters. The molecule has 3 fully saturated rings. The van der Waals surface area contributed by atoms with Crippen molar-refractivity contribution in [2.75, 3.05) is 6.54 Å². The van der Waals surface area contributed by atoms with Gasteiger partial charge in [0, 0.05) is 6.54 Å². The molecule has 1 aliphatic carbocycles. The molecule has 4 nitrogen and oxygen atoms in total. The smallest absolute Gasteiger partial charge is 0.407 e. The van der Waals surface area contributed by atoms with E-state index >= 15 is 0 Å². The quantitative estimate of drug-likeness (QED) is 0.558. The van der Waals surface area contributed by atoms with Crippen LogP contribution >= 0.6 is 0 Å². The first-order valence-electron chi connectivity index (χ1n) is 4.36. The van der Waals surface area contributed by atoms with Crippen LogP contribution in [0.2, 0.25) is 0 Å². The number of piperidine rings is 2. The van der Waals surface area contributed by atoms with Gasteiger partial charge >= 0.3 is 6.09 Å². The van der Waals surface area contributed by atoms with Crippen LogP contribution in [0.15, 0.2) is 0 Å². The number of carboxylic acid groups (broad SMARTS) is 1. The highest BCUT2D eigenvalue weighted by Crippen LogP contribution is 2.34. The largest absolute Gasteiger partial charge is 0.465 e. The zero-order valence-electron chi connectivity index (χ0n) is 6.81. The summed E-state index contributed by atoms with van der Waals surface area (Å²) in [5, 5.41) is 18.3. The fourth-order valence-corrected chi connectivity index (χ4v) is 2.38. The third-order valence-electron chi connectivity index (χ3n) is 2.99. The van der Waals surface area contributed by atoms with E-state index in [1.165, 1.54) is 4.90 Å². The van der Waals surface area contributed by atoms with Crippen molar-refractivity contribution in [1.82, 2.24) is 4.90 Å². The maximum absolute atomic E-state index is 10.7. The Hall–Kier alpha value is -0.770. The van der Waals surface area contributed by atoms with E-state index in [1.54, 1.807) is 0 Å². The lowest BCUT2D eigenvalue weighted by atomic mass is 9.78. The number of aliphatic hydroxyl groups is 1. The van der Waals surface area contributed by atoms with E-state index in [0.717, 1.165) is 19.3 Å². The van der Waals surface area contributed by atoms with Crippen molar-refractivity contribution in [3.63, 3.8) is 0 Å². The van der Waals surface area contributed by atoms with Gasteiger partial charge in [0.1, 0.15) is 0 Å². The molecule has 3 unspecified atom stereocenters. The Labute approximate surface area is 70.8 Å². The number of hydrogen-bond donors (Lipinski definition) is 2. The normalized spacial score (nSPS) is 40.1. The van der Waals surface area contributed by atoms with Gasteiger partial charge in [-0.15, -0.1) is 0 Å². The molecular weight excluding hydrogens is 158 g/mol. The third kappa shape index (κ3) is 1.06. The van der Waals surface area contributed by atoms with E-state index in [1.807, 2.05) is 0 Å². The second-order valence-corrected chi connectivity index (χ2v) is 3.75. The molecule has 1 amide bonds. The summed E-state index contributed by atoms with van der Waals surface area (Å²) >= 11 is 0. The first-order valence-corrected chi connectivity index (χ1v) is 4.36. The van der Waals surface area contributed by atoms with E-state index in [4.69, 9.17) is 5.11 Å². The van der Waals surface area contributed by atoms with Crippen molar-refractivity contribution in [2.24, 2.45) is 5.92 Å². The third-order valence-corrected chi connectivity index (χ3v) is 2.99. The Kier molecular flexibility index (Phi) is 1.72. The molecule has 0 radical (unpaired) electrons. The van der Waals surface area contributed by atoms with E-state index in [2.05, 4.69) is 0 Å². The first-order chi connectivity index (χ1) is 5.68. The standard InChI is InChI=1S/C8H13NO3/c10-7-3-5-1-2-6(7)9(4-5)8(11)12/h5-7,10H,1-4H2,(H,11,12). The zero-order valence-corrected chi connectivity index (χ0v) is 6.81. The van der Waals surface area contributed by atoms with E-state index in [0.29, 0.717) is 12.5 Å². The van der Waals surface area contributed by atoms with Crippen LogP contribution in [0.1, 0.15) is 19.3 Å². The Morgan fingerprint density at radius 2 is 2.17 bits per heavy atom. The summed E-state index contributed by atoms with van der Waals surface area (Å²) in [6.07, 6.45) is 1.38. The molecule has 3 aliphatic rings. The van der Waals surface area contributed by atoms with Crippen LogP contribution in [-0.2, 0) is 0 Å². The summed E-state index contributed by atoms with van der Waals surface area (Å²) in [7, 11) is 0. The van der Waals surface area contributed by atoms with Gasteiger partial charge in [-0.1, -0.05) is 0 Å². The van der Waals surface area contributed by atoms with Crippen LogP contribution < -0.4 is 0 Å². The predicted molar refractivity (Wildman–Crippen MR) is 41.9 cm³/mol. The highest BCUT2D eigenvalue weighted by atomic mass is 16.4. The maximum atomic E-state index is 10.7. The highest BCUT2D eigenvalue weighted by molar-refractivity contribution is 5.66. The molecule has 0 aromatic rings. The average molecular weight is 171 g/mol. The van der Waals surface area contributed by atoms with Crippen molar-refractivity contribution in [3.8, 4) is 0 Å². The average Bonchev–Trinajstić information content (AvgIpc) is 2.04. The van der Waals surface area contributed by atoms with Gasteiger partial charge < -0.3 is 15.1 Å². The molecule has 0 spiro atoms. The molecule has 68 valence electrons. The number of carbonyl (C=O) groups is 1. The number of nitrogens with zero attached hydrogens (tertiary/aromatic N) is 1. The zero-order chi connectivity index (χ0) is 8.72. The second-order valence-electron chi connectivity index (χ2n) is 3.75. The molecule has 2 saturated heterocycles. The highest BCUT2D eigenvalue weighted by Gasteiger charge is 2.41. The van der Waals surface area contributed by atoms with Crippen molar-refractivity contribution in [1.29, 1.82) is 0 Å². The topological polar surface area (TPSA) is 60.8 Å². The minimum Gasteiger partial charge on any atom is -0.465 e. The molecule has 12 heavy (non-hydrogen) atoms. The summed E-state index contributed by atoms with van der Waals surface area (Å²) in [4.78, 5) is 12.1. The number of amides is 1. The SMILES string of the molecule is O=C(O)N1CC2CCC1C(O)C2. The first kappa shape index (κ1) is 7.86. The predicted octanol–water partition coefficient (Wildman–Crippen LogP) is 0.510.